The number of imide groups is 1. The zero-order valence-electron chi connectivity index (χ0n) is 18.3. The van der Waals surface area contributed by atoms with Crippen LogP contribution < -0.4 is 14.4 Å². The van der Waals surface area contributed by atoms with Gasteiger partial charge in [0.1, 0.15) is 11.5 Å². The van der Waals surface area contributed by atoms with Crippen LogP contribution in [0.3, 0.4) is 0 Å². The summed E-state index contributed by atoms with van der Waals surface area (Å²) in [6, 6.07) is 19.6. The molecule has 0 atom stereocenters. The van der Waals surface area contributed by atoms with Gasteiger partial charge >= 0.3 is 11.9 Å². The smallest absolute Gasteiger partial charge is 0.343 e. The van der Waals surface area contributed by atoms with Crippen molar-refractivity contribution in [2.24, 2.45) is 0 Å². The van der Waals surface area contributed by atoms with E-state index in [0.717, 1.165) is 16.0 Å². The Morgan fingerprint density at radius 2 is 1.23 bits per heavy atom. The largest absolute Gasteiger partial charge is 0.423 e. The molecule has 0 aromatic heterocycles. The fraction of sp³-hybridized carbons (Fsp3) is 0.0370. The lowest BCUT2D eigenvalue weighted by Gasteiger charge is -2.14. The highest BCUT2D eigenvalue weighted by atomic mass is 16.5. The average Bonchev–Trinajstić information content (AvgIpc) is 3.22. The van der Waals surface area contributed by atoms with E-state index < -0.39 is 18.5 Å². The van der Waals surface area contributed by atoms with Crippen molar-refractivity contribution < 1.29 is 33.8 Å². The highest BCUT2D eigenvalue weighted by molar-refractivity contribution is 6.28. The summed E-state index contributed by atoms with van der Waals surface area (Å²) < 4.78 is 10.4. The third kappa shape index (κ3) is 5.23. The third-order valence-corrected chi connectivity index (χ3v) is 5.11. The Bertz CT molecular complexity index is 1320. The van der Waals surface area contributed by atoms with Crippen LogP contribution in [0.15, 0.2) is 97.1 Å². The van der Waals surface area contributed by atoms with Gasteiger partial charge < -0.3 is 14.6 Å². The van der Waals surface area contributed by atoms with Crippen molar-refractivity contribution in [2.75, 3.05) is 11.5 Å². The predicted octanol–water partition coefficient (Wildman–Crippen LogP) is 3.46. The van der Waals surface area contributed by atoms with Gasteiger partial charge in [-0.05, 0) is 59.7 Å². The molecule has 0 aliphatic carbocycles. The van der Waals surface area contributed by atoms with E-state index in [9.17, 15) is 19.2 Å². The molecule has 8 heteroatoms. The van der Waals surface area contributed by atoms with Crippen LogP contribution in [-0.4, -0.2) is 35.5 Å². The van der Waals surface area contributed by atoms with Gasteiger partial charge in [-0.1, -0.05) is 30.8 Å². The molecule has 1 aliphatic heterocycles. The number of anilines is 1. The van der Waals surface area contributed by atoms with Crippen LogP contribution in [-0.2, 0) is 14.4 Å². The first-order valence-corrected chi connectivity index (χ1v) is 10.5. The van der Waals surface area contributed by atoms with E-state index in [-0.39, 0.29) is 28.9 Å². The van der Waals surface area contributed by atoms with Crippen molar-refractivity contribution in [3.63, 3.8) is 0 Å². The Morgan fingerprint density at radius 1 is 0.743 bits per heavy atom. The van der Waals surface area contributed by atoms with Gasteiger partial charge in [0.25, 0.3) is 11.8 Å². The minimum atomic E-state index is -0.748. The zero-order valence-corrected chi connectivity index (χ0v) is 18.3. The Labute approximate surface area is 200 Å². The maximum Gasteiger partial charge on any atom is 0.343 e. The Kier molecular flexibility index (Phi) is 6.66. The van der Waals surface area contributed by atoms with Crippen LogP contribution in [0.1, 0.15) is 10.4 Å². The maximum absolute atomic E-state index is 12.5. The lowest BCUT2D eigenvalue weighted by Crippen LogP contribution is -2.29. The maximum atomic E-state index is 12.5. The highest BCUT2D eigenvalue weighted by Gasteiger charge is 2.24. The topological polar surface area (TPSA) is 110 Å². The average molecular weight is 469 g/mol. The Balaban J connectivity index is 1.38. The van der Waals surface area contributed by atoms with Crippen molar-refractivity contribution in [1.82, 2.24) is 0 Å². The molecule has 4 rings (SSSR count). The van der Waals surface area contributed by atoms with Crippen molar-refractivity contribution >= 4 is 29.4 Å². The molecule has 8 nitrogen and oxygen atoms in total. The quantitative estimate of drug-likeness (QED) is 0.244. The zero-order chi connectivity index (χ0) is 24.9. The van der Waals surface area contributed by atoms with E-state index in [1.807, 2.05) is 0 Å². The van der Waals surface area contributed by atoms with Crippen molar-refractivity contribution in [1.29, 1.82) is 0 Å². The van der Waals surface area contributed by atoms with Crippen LogP contribution in [0, 0.1) is 0 Å². The minimum absolute atomic E-state index is 0.0750. The summed E-state index contributed by atoms with van der Waals surface area (Å²) in [5, 5.41) is 8.90. The molecule has 1 aliphatic rings. The normalized spacial score (nSPS) is 12.5. The Hall–Kier alpha value is -4.82. The summed E-state index contributed by atoms with van der Waals surface area (Å²) in [6.07, 6.45) is 2.46. The van der Waals surface area contributed by atoms with Crippen LogP contribution in [0.25, 0.3) is 11.1 Å². The number of aliphatic hydroxyl groups excluding tert-OH is 1. The molecule has 0 fully saturated rings. The summed E-state index contributed by atoms with van der Waals surface area (Å²) in [4.78, 5) is 48.8. The first kappa shape index (κ1) is 23.3. The van der Waals surface area contributed by atoms with Gasteiger partial charge in [-0.3, -0.25) is 9.59 Å². The number of esters is 2. The molecule has 0 unspecified atom stereocenters. The van der Waals surface area contributed by atoms with Crippen LogP contribution in [0.2, 0.25) is 0 Å². The molecule has 0 saturated carbocycles. The van der Waals surface area contributed by atoms with Gasteiger partial charge in [-0.15, -0.1) is 0 Å². The van der Waals surface area contributed by atoms with E-state index in [0.29, 0.717) is 11.3 Å². The van der Waals surface area contributed by atoms with E-state index in [2.05, 4.69) is 6.58 Å². The van der Waals surface area contributed by atoms with Crippen molar-refractivity contribution in [3.05, 3.63) is 103 Å². The van der Waals surface area contributed by atoms with Gasteiger partial charge in [-0.25, -0.2) is 14.5 Å². The number of benzene rings is 3. The molecule has 2 amide bonds. The number of amides is 2. The molecular weight excluding hydrogens is 450 g/mol. The summed E-state index contributed by atoms with van der Waals surface area (Å²) in [5.74, 6) is -1.60. The fourth-order valence-corrected chi connectivity index (χ4v) is 3.24. The molecule has 0 saturated heterocycles. The van der Waals surface area contributed by atoms with Crippen LogP contribution in [0.4, 0.5) is 5.69 Å². The second-order valence-corrected chi connectivity index (χ2v) is 7.48. The number of hydrogen-bond donors (Lipinski definition) is 1. The summed E-state index contributed by atoms with van der Waals surface area (Å²) in [7, 11) is 0. The lowest BCUT2D eigenvalue weighted by atomic mass is 10.0. The molecule has 0 bridgehead atoms. The van der Waals surface area contributed by atoms with E-state index in [1.54, 1.807) is 48.5 Å². The molecule has 35 heavy (non-hydrogen) atoms. The number of hydrogen-bond acceptors (Lipinski definition) is 7. The predicted molar refractivity (Wildman–Crippen MR) is 127 cm³/mol. The monoisotopic (exact) mass is 469 g/mol. The molecule has 0 radical (unpaired) electrons. The van der Waals surface area contributed by atoms with Crippen molar-refractivity contribution in [2.45, 2.75) is 0 Å². The second-order valence-electron chi connectivity index (χ2n) is 7.48. The number of aliphatic hydroxyl groups is 1. The third-order valence-electron chi connectivity index (χ3n) is 5.11. The molecule has 0 spiro atoms. The lowest BCUT2D eigenvalue weighted by molar-refractivity contribution is -0.130. The van der Waals surface area contributed by atoms with E-state index in [1.165, 1.54) is 36.4 Å². The summed E-state index contributed by atoms with van der Waals surface area (Å²) in [5.41, 5.74) is 2.41. The number of ether oxygens (including phenoxy) is 2. The molecule has 1 N–H and O–H groups in total. The molecule has 1 heterocycles. The van der Waals surface area contributed by atoms with E-state index in [4.69, 9.17) is 14.6 Å². The molecule has 3 aromatic carbocycles. The number of carbonyl (C=O) groups is 4. The number of rotatable bonds is 7. The second kappa shape index (κ2) is 9.98. The number of nitrogens with zero attached hydrogens (tertiary/aromatic N) is 1. The summed E-state index contributed by atoms with van der Waals surface area (Å²) >= 11 is 0. The van der Waals surface area contributed by atoms with Gasteiger partial charge in [0, 0.05) is 12.2 Å². The number of carbonyl (C=O) groups excluding carboxylic acids is 4. The fourth-order valence-electron chi connectivity index (χ4n) is 3.24. The van der Waals surface area contributed by atoms with Crippen molar-refractivity contribution in [3.8, 4) is 22.6 Å². The van der Waals surface area contributed by atoms with E-state index >= 15 is 0 Å². The SMILES string of the molecule is C=C(CO)C(=O)Oc1ccc(OC(=O)c2ccc(-c3ccc(N4C(=O)C=CC4=O)cc3)cc2)cc1. The van der Waals surface area contributed by atoms with Gasteiger partial charge in [-0.2, -0.15) is 0 Å². The standard InChI is InChI=1S/C27H19NO7/c1-17(16-29)26(32)34-22-10-12-23(13-11-22)35-27(33)20-4-2-18(3-5-20)19-6-8-21(9-7-19)28-24(30)14-15-25(28)31/h2-15,29H,1,16H2. The molecular formula is C27H19NO7. The van der Waals surface area contributed by atoms with Gasteiger partial charge in [0.2, 0.25) is 0 Å². The van der Waals surface area contributed by atoms with Crippen LogP contribution in [0.5, 0.6) is 11.5 Å². The first-order chi connectivity index (χ1) is 16.9. The minimum Gasteiger partial charge on any atom is -0.423 e. The highest BCUT2D eigenvalue weighted by Crippen LogP contribution is 2.26. The van der Waals surface area contributed by atoms with Gasteiger partial charge in [0.05, 0.1) is 23.4 Å². The molecule has 3 aromatic rings. The van der Waals surface area contributed by atoms with Crippen LogP contribution >= 0.6 is 0 Å². The first-order valence-electron chi connectivity index (χ1n) is 10.5. The summed E-state index contributed by atoms with van der Waals surface area (Å²) in [6.45, 7) is 2.89. The Morgan fingerprint density at radius 3 is 1.74 bits per heavy atom. The van der Waals surface area contributed by atoms with Gasteiger partial charge in [0.15, 0.2) is 0 Å². The molecule has 174 valence electrons.